The highest BCUT2D eigenvalue weighted by molar-refractivity contribution is 9.10. The van der Waals surface area contributed by atoms with E-state index in [2.05, 4.69) is 20.7 Å². The molecule has 0 saturated heterocycles. The van der Waals surface area contributed by atoms with E-state index in [-0.39, 0.29) is 4.47 Å². The van der Waals surface area contributed by atoms with Crippen LogP contribution in [0.5, 0.6) is 0 Å². The van der Waals surface area contributed by atoms with Crippen molar-refractivity contribution in [2.24, 2.45) is 0 Å². The summed E-state index contributed by atoms with van der Waals surface area (Å²) >= 11 is 2.81. The van der Waals surface area contributed by atoms with Gasteiger partial charge in [0.25, 0.3) is 0 Å². The lowest BCUT2D eigenvalue weighted by molar-refractivity contribution is -0.217. The number of halogens is 6. The second kappa shape index (κ2) is 5.30. The van der Waals surface area contributed by atoms with Gasteiger partial charge in [-0.15, -0.1) is 0 Å². The molecule has 0 aliphatic carbocycles. The minimum atomic E-state index is -4.56. The molecule has 0 N–H and O–H groups in total. The summed E-state index contributed by atoms with van der Waals surface area (Å²) in [6.07, 6.45) is -6.64. The molecule has 1 nitrogen and oxygen atoms in total. The average Bonchev–Trinajstić information content (AvgIpc) is 2.22. The number of ether oxygens (including phenoxy) is 1. The molecule has 0 aliphatic heterocycles. The van der Waals surface area contributed by atoms with Gasteiger partial charge in [0.1, 0.15) is 11.6 Å². The third-order valence-electron chi connectivity index (χ3n) is 2.08. The zero-order chi connectivity index (χ0) is 13.2. The normalized spacial score (nSPS) is 13.8. The van der Waals surface area contributed by atoms with Crippen LogP contribution < -0.4 is 0 Å². The van der Waals surface area contributed by atoms with Gasteiger partial charge in [-0.1, -0.05) is 0 Å². The number of rotatable bonds is 3. The van der Waals surface area contributed by atoms with Gasteiger partial charge in [-0.05, 0) is 35.0 Å². The zero-order valence-corrected chi connectivity index (χ0v) is 10.2. The minimum Gasteiger partial charge on any atom is -0.364 e. The van der Waals surface area contributed by atoms with Crippen LogP contribution >= 0.6 is 15.9 Å². The largest absolute Gasteiger partial charge is 0.414 e. The molecule has 0 spiro atoms. The van der Waals surface area contributed by atoms with Gasteiger partial charge in [0.15, 0.2) is 6.10 Å². The van der Waals surface area contributed by atoms with E-state index in [1.807, 2.05) is 0 Å². The van der Waals surface area contributed by atoms with E-state index in [1.165, 1.54) is 0 Å². The first kappa shape index (κ1) is 14.4. The third-order valence-corrected chi connectivity index (χ3v) is 2.69. The summed E-state index contributed by atoms with van der Waals surface area (Å²) in [5.74, 6) is -1.90. The van der Waals surface area contributed by atoms with Gasteiger partial charge in [-0.25, -0.2) is 8.78 Å². The van der Waals surface area contributed by atoms with Crippen molar-refractivity contribution < 1.29 is 26.7 Å². The molecule has 7 heteroatoms. The summed E-state index contributed by atoms with van der Waals surface area (Å²) in [5.41, 5.74) is -0.532. The van der Waals surface area contributed by atoms with Crippen molar-refractivity contribution in [1.82, 2.24) is 0 Å². The van der Waals surface area contributed by atoms with Crippen molar-refractivity contribution in [3.63, 3.8) is 0 Å². The molecule has 0 heterocycles. The molecule has 1 atom stereocenters. The van der Waals surface area contributed by atoms with Crippen LogP contribution in [-0.4, -0.2) is 12.3 Å². The van der Waals surface area contributed by atoms with Gasteiger partial charge < -0.3 is 4.74 Å². The standard InChI is InChI=1S/C10H8BrF5O/c1-5(10(14,15)16)17-4-6-8(12)3-2-7(11)9(6)13/h2-3,5H,4H2,1H3. The van der Waals surface area contributed by atoms with Crippen LogP contribution in [0, 0.1) is 11.6 Å². The van der Waals surface area contributed by atoms with Crippen LogP contribution in [0.1, 0.15) is 12.5 Å². The van der Waals surface area contributed by atoms with Gasteiger partial charge in [0.05, 0.1) is 16.6 Å². The van der Waals surface area contributed by atoms with Gasteiger partial charge >= 0.3 is 6.18 Å². The Morgan fingerprint density at radius 2 is 1.88 bits per heavy atom. The maximum Gasteiger partial charge on any atom is 0.414 e. The summed E-state index contributed by atoms with van der Waals surface area (Å²) in [6.45, 7) is -0.00836. The second-order valence-corrected chi connectivity index (χ2v) is 4.17. The van der Waals surface area contributed by atoms with Crippen molar-refractivity contribution >= 4 is 15.9 Å². The first-order valence-corrected chi connectivity index (χ1v) is 5.33. The Morgan fingerprint density at radius 3 is 2.41 bits per heavy atom. The fraction of sp³-hybridized carbons (Fsp3) is 0.400. The first-order chi connectivity index (χ1) is 7.73. The summed E-state index contributed by atoms with van der Waals surface area (Å²) in [5, 5.41) is 0. The van der Waals surface area contributed by atoms with Crippen molar-refractivity contribution in [3.05, 3.63) is 33.8 Å². The van der Waals surface area contributed by atoms with E-state index in [0.29, 0.717) is 0 Å². The summed E-state index contributed by atoms with van der Waals surface area (Å²) in [6, 6.07) is 2.07. The Kier molecular flexibility index (Phi) is 4.48. The molecule has 96 valence electrons. The van der Waals surface area contributed by atoms with Crippen LogP contribution in [0.3, 0.4) is 0 Å². The molecular weight excluding hydrogens is 311 g/mol. The van der Waals surface area contributed by atoms with Gasteiger partial charge in [-0.2, -0.15) is 13.2 Å². The van der Waals surface area contributed by atoms with Gasteiger partial charge in [0, 0.05) is 0 Å². The smallest absolute Gasteiger partial charge is 0.364 e. The topological polar surface area (TPSA) is 9.23 Å². The summed E-state index contributed by atoms with van der Waals surface area (Å²) in [7, 11) is 0. The maximum absolute atomic E-state index is 13.4. The van der Waals surface area contributed by atoms with Crippen molar-refractivity contribution in [3.8, 4) is 0 Å². The van der Waals surface area contributed by atoms with E-state index in [1.54, 1.807) is 0 Å². The highest BCUT2D eigenvalue weighted by atomic mass is 79.9. The lowest BCUT2D eigenvalue weighted by atomic mass is 10.2. The Morgan fingerprint density at radius 1 is 1.29 bits per heavy atom. The second-order valence-electron chi connectivity index (χ2n) is 3.32. The van der Waals surface area contributed by atoms with E-state index < -0.39 is 36.1 Å². The summed E-state index contributed by atoms with van der Waals surface area (Å²) in [4.78, 5) is 0. The highest BCUT2D eigenvalue weighted by Crippen LogP contribution is 2.26. The molecule has 0 fully saturated rings. The molecule has 1 unspecified atom stereocenters. The Hall–Kier alpha value is -0.690. The molecule has 0 aliphatic rings. The number of benzene rings is 1. The van der Waals surface area contributed by atoms with Crippen LogP contribution in [0.2, 0.25) is 0 Å². The van der Waals surface area contributed by atoms with Gasteiger partial charge in [0.2, 0.25) is 0 Å². The molecule has 0 aromatic heterocycles. The van der Waals surface area contributed by atoms with Crippen LogP contribution in [-0.2, 0) is 11.3 Å². The Bertz CT molecular complexity index is 404. The van der Waals surface area contributed by atoms with E-state index >= 15 is 0 Å². The summed E-state index contributed by atoms with van der Waals surface area (Å²) < 4.78 is 67.2. The highest BCUT2D eigenvalue weighted by Gasteiger charge is 2.37. The van der Waals surface area contributed by atoms with Crippen molar-refractivity contribution in [2.75, 3.05) is 0 Å². The minimum absolute atomic E-state index is 0.0304. The lowest BCUT2D eigenvalue weighted by Gasteiger charge is -2.17. The Labute approximate surface area is 103 Å². The predicted octanol–water partition coefficient (Wildman–Crippen LogP) is 4.19. The fourth-order valence-corrected chi connectivity index (χ4v) is 1.38. The molecular formula is C10H8BrF5O. The molecule has 1 aromatic rings. The fourth-order valence-electron chi connectivity index (χ4n) is 1.00. The molecule has 0 bridgehead atoms. The average molecular weight is 319 g/mol. The zero-order valence-electron chi connectivity index (χ0n) is 8.62. The SMILES string of the molecule is CC(OCc1c(F)ccc(Br)c1F)C(F)(F)F. The van der Waals surface area contributed by atoms with Crippen molar-refractivity contribution in [1.29, 1.82) is 0 Å². The molecule has 1 rings (SSSR count). The third kappa shape index (κ3) is 3.64. The number of alkyl halides is 3. The van der Waals surface area contributed by atoms with Crippen molar-refractivity contribution in [2.45, 2.75) is 25.8 Å². The molecule has 0 saturated carbocycles. The molecule has 17 heavy (non-hydrogen) atoms. The monoisotopic (exact) mass is 318 g/mol. The predicted molar refractivity (Wildman–Crippen MR) is 54.4 cm³/mol. The van der Waals surface area contributed by atoms with Crippen LogP contribution in [0.4, 0.5) is 22.0 Å². The quantitative estimate of drug-likeness (QED) is 0.599. The van der Waals surface area contributed by atoms with E-state index in [9.17, 15) is 22.0 Å². The number of hydrogen-bond acceptors (Lipinski definition) is 1. The van der Waals surface area contributed by atoms with Gasteiger partial charge in [-0.3, -0.25) is 0 Å². The first-order valence-electron chi connectivity index (χ1n) is 4.54. The molecule has 0 radical (unpaired) electrons. The Balaban J connectivity index is 2.80. The van der Waals surface area contributed by atoms with E-state index in [4.69, 9.17) is 0 Å². The van der Waals surface area contributed by atoms with Crippen LogP contribution in [0.25, 0.3) is 0 Å². The number of hydrogen-bond donors (Lipinski definition) is 0. The van der Waals surface area contributed by atoms with Crippen LogP contribution in [0.15, 0.2) is 16.6 Å². The van der Waals surface area contributed by atoms with E-state index in [0.717, 1.165) is 19.1 Å². The maximum atomic E-state index is 13.4. The molecule has 0 amide bonds. The molecule has 1 aromatic carbocycles. The lowest BCUT2D eigenvalue weighted by Crippen LogP contribution is -2.28.